The molecule has 0 radical (unpaired) electrons. The number of fused-ring (bicyclic) bond motifs is 2. The Balaban J connectivity index is 1.70. The van der Waals surface area contributed by atoms with Crippen molar-refractivity contribution in [3.05, 3.63) is 41.1 Å². The first-order valence-electron chi connectivity index (χ1n) is 7.95. The molecule has 0 saturated heterocycles. The molecule has 6 heteroatoms. The lowest BCUT2D eigenvalue weighted by molar-refractivity contribution is -0.119. The quantitative estimate of drug-likeness (QED) is 0.791. The third-order valence-corrected chi connectivity index (χ3v) is 4.78. The molecule has 2 aliphatic rings. The number of methoxy groups -OCH3 is 1. The molecule has 3 heterocycles. The third kappa shape index (κ3) is 2.02. The van der Waals surface area contributed by atoms with Gasteiger partial charge in [0.2, 0.25) is 11.8 Å². The lowest BCUT2D eigenvalue weighted by Gasteiger charge is -2.16. The summed E-state index contributed by atoms with van der Waals surface area (Å²) in [7, 11) is 1.62. The van der Waals surface area contributed by atoms with Crippen LogP contribution in [0, 0.1) is 6.92 Å². The second kappa shape index (κ2) is 4.87. The molecule has 2 aromatic rings. The van der Waals surface area contributed by atoms with E-state index < -0.39 is 5.41 Å². The van der Waals surface area contributed by atoms with Crippen molar-refractivity contribution in [3.8, 4) is 5.88 Å². The molecule has 24 heavy (non-hydrogen) atoms. The van der Waals surface area contributed by atoms with Gasteiger partial charge in [-0.3, -0.25) is 4.79 Å². The van der Waals surface area contributed by atoms with Crippen molar-refractivity contribution in [1.29, 1.82) is 0 Å². The van der Waals surface area contributed by atoms with E-state index in [1.165, 1.54) is 0 Å². The van der Waals surface area contributed by atoms with Gasteiger partial charge in [-0.25, -0.2) is 4.98 Å². The number of aryl methyl sites for hydroxylation is 1. The van der Waals surface area contributed by atoms with Gasteiger partial charge in [0.25, 0.3) is 0 Å². The first-order chi connectivity index (χ1) is 11.4. The molecule has 0 bridgehead atoms. The number of ether oxygens (including phenoxy) is 1. The highest BCUT2D eigenvalue weighted by atomic mass is 16.5. The number of hydrogen-bond donors (Lipinski definition) is 3. The van der Waals surface area contributed by atoms with Gasteiger partial charge in [-0.15, -0.1) is 0 Å². The maximum Gasteiger partial charge on any atom is 0.234 e. The molecule has 0 spiro atoms. The van der Waals surface area contributed by atoms with Crippen molar-refractivity contribution in [2.45, 2.75) is 32.4 Å². The van der Waals surface area contributed by atoms with Gasteiger partial charge in [-0.05, 0) is 50.6 Å². The summed E-state index contributed by atoms with van der Waals surface area (Å²) in [6.07, 6.45) is -0.121. The van der Waals surface area contributed by atoms with Crippen LogP contribution in [0.2, 0.25) is 0 Å². The summed E-state index contributed by atoms with van der Waals surface area (Å²) in [6, 6.07) is 8.01. The Kier molecular flexibility index (Phi) is 3.00. The predicted octanol–water partition coefficient (Wildman–Crippen LogP) is 3.16. The molecule has 0 saturated carbocycles. The van der Waals surface area contributed by atoms with E-state index in [0.717, 1.165) is 33.9 Å². The molecule has 1 unspecified atom stereocenters. The van der Waals surface area contributed by atoms with Gasteiger partial charge >= 0.3 is 0 Å². The Morgan fingerprint density at radius 2 is 1.83 bits per heavy atom. The molecular formula is C18H20N4O2. The van der Waals surface area contributed by atoms with Crippen LogP contribution < -0.4 is 20.7 Å². The smallest absolute Gasteiger partial charge is 0.234 e. The monoisotopic (exact) mass is 324 g/mol. The average Bonchev–Trinajstić information content (AvgIpc) is 3.04. The fourth-order valence-electron chi connectivity index (χ4n) is 3.29. The zero-order chi connectivity index (χ0) is 17.1. The average molecular weight is 324 g/mol. The van der Waals surface area contributed by atoms with Gasteiger partial charge in [-0.2, -0.15) is 0 Å². The van der Waals surface area contributed by atoms with E-state index in [2.05, 4.69) is 20.9 Å². The molecule has 1 atom stereocenters. The number of pyridine rings is 1. The summed E-state index contributed by atoms with van der Waals surface area (Å²) in [6.45, 7) is 5.81. The summed E-state index contributed by atoms with van der Waals surface area (Å²) in [5.74, 6) is 0.635. The zero-order valence-electron chi connectivity index (χ0n) is 14.2. The summed E-state index contributed by atoms with van der Waals surface area (Å²) in [4.78, 5) is 16.5. The van der Waals surface area contributed by atoms with Crippen LogP contribution >= 0.6 is 0 Å². The summed E-state index contributed by atoms with van der Waals surface area (Å²) in [5.41, 5.74) is 5.15. The van der Waals surface area contributed by atoms with Gasteiger partial charge in [0.15, 0.2) is 0 Å². The molecule has 3 N–H and O–H groups in total. The van der Waals surface area contributed by atoms with Crippen molar-refractivity contribution < 1.29 is 9.53 Å². The van der Waals surface area contributed by atoms with Crippen LogP contribution in [0.1, 0.15) is 36.8 Å². The highest BCUT2D eigenvalue weighted by molar-refractivity contribution is 6.07. The number of anilines is 3. The normalized spacial score (nSPS) is 19.8. The fourth-order valence-corrected chi connectivity index (χ4v) is 3.29. The molecular weight excluding hydrogens is 304 g/mol. The van der Waals surface area contributed by atoms with E-state index in [1.54, 1.807) is 7.11 Å². The van der Waals surface area contributed by atoms with Gasteiger partial charge in [0.1, 0.15) is 6.17 Å². The van der Waals surface area contributed by atoms with Crippen LogP contribution in [0.25, 0.3) is 0 Å². The lowest BCUT2D eigenvalue weighted by Crippen LogP contribution is -2.26. The van der Waals surface area contributed by atoms with Crippen LogP contribution in [0.3, 0.4) is 0 Å². The Morgan fingerprint density at radius 3 is 2.54 bits per heavy atom. The predicted molar refractivity (Wildman–Crippen MR) is 93.6 cm³/mol. The van der Waals surface area contributed by atoms with E-state index >= 15 is 0 Å². The molecule has 1 amide bonds. The molecule has 4 rings (SSSR count). The third-order valence-electron chi connectivity index (χ3n) is 4.78. The maximum atomic E-state index is 12.1. The van der Waals surface area contributed by atoms with E-state index in [4.69, 9.17) is 4.74 Å². The number of nitrogens with one attached hydrogen (secondary N) is 3. The van der Waals surface area contributed by atoms with Crippen molar-refractivity contribution in [2.24, 2.45) is 0 Å². The molecule has 0 fully saturated rings. The number of carbonyl (C=O) groups excluding carboxylic acids is 1. The van der Waals surface area contributed by atoms with E-state index in [1.807, 2.05) is 45.0 Å². The van der Waals surface area contributed by atoms with Crippen molar-refractivity contribution in [2.75, 3.05) is 23.1 Å². The van der Waals surface area contributed by atoms with Crippen molar-refractivity contribution >= 4 is 23.0 Å². The Bertz CT molecular complexity index is 860. The van der Waals surface area contributed by atoms with Gasteiger partial charge < -0.3 is 20.7 Å². The molecule has 6 nitrogen and oxygen atoms in total. The van der Waals surface area contributed by atoms with Gasteiger partial charge in [0, 0.05) is 11.4 Å². The highest BCUT2D eigenvalue weighted by Crippen LogP contribution is 2.46. The van der Waals surface area contributed by atoms with E-state index in [9.17, 15) is 4.79 Å². The first-order valence-corrected chi connectivity index (χ1v) is 7.95. The zero-order valence-corrected chi connectivity index (χ0v) is 14.2. The summed E-state index contributed by atoms with van der Waals surface area (Å²) >= 11 is 0. The number of nitrogens with zero attached hydrogens (tertiary/aromatic N) is 1. The topological polar surface area (TPSA) is 75.3 Å². The number of hydrogen-bond acceptors (Lipinski definition) is 5. The SMILES string of the molecule is COc1nc(C)ccc1C1Nc2cc3c(cc2N1)C(C)(C)C(=O)N3. The number of benzene rings is 1. The molecule has 1 aromatic carbocycles. The number of rotatable bonds is 2. The minimum absolute atomic E-state index is 0.0297. The Hall–Kier alpha value is -2.76. The standard InChI is InChI=1S/C18H20N4O2/c1-9-5-6-10(16(19-9)24-4)15-20-13-7-11-12(8-14(13)21-15)22-17(23)18(11,2)3/h5-8,15,20-21H,1-4H3,(H,22,23). The Morgan fingerprint density at radius 1 is 1.12 bits per heavy atom. The number of amides is 1. The largest absolute Gasteiger partial charge is 0.481 e. The van der Waals surface area contributed by atoms with Crippen LogP contribution in [0.4, 0.5) is 17.1 Å². The number of carbonyl (C=O) groups is 1. The first kappa shape index (κ1) is 14.8. The van der Waals surface area contributed by atoms with Crippen molar-refractivity contribution in [1.82, 2.24) is 4.98 Å². The fraction of sp³-hybridized carbons (Fsp3) is 0.333. The van der Waals surface area contributed by atoms with E-state index in [0.29, 0.717) is 5.88 Å². The van der Waals surface area contributed by atoms with Crippen LogP contribution in [-0.2, 0) is 10.2 Å². The minimum Gasteiger partial charge on any atom is -0.481 e. The molecule has 2 aliphatic heterocycles. The van der Waals surface area contributed by atoms with Crippen LogP contribution in [0.5, 0.6) is 5.88 Å². The summed E-state index contributed by atoms with van der Waals surface area (Å²) in [5, 5.41) is 9.85. The maximum absolute atomic E-state index is 12.1. The molecule has 124 valence electrons. The van der Waals surface area contributed by atoms with Crippen LogP contribution in [-0.4, -0.2) is 18.0 Å². The van der Waals surface area contributed by atoms with Gasteiger partial charge in [0.05, 0.1) is 29.5 Å². The summed E-state index contributed by atoms with van der Waals surface area (Å²) < 4.78 is 5.42. The lowest BCUT2D eigenvalue weighted by atomic mass is 9.86. The Labute approximate surface area is 140 Å². The second-order valence-electron chi connectivity index (χ2n) is 6.80. The van der Waals surface area contributed by atoms with Crippen molar-refractivity contribution in [3.63, 3.8) is 0 Å². The minimum atomic E-state index is -0.521. The van der Waals surface area contributed by atoms with Crippen LogP contribution in [0.15, 0.2) is 24.3 Å². The molecule has 1 aromatic heterocycles. The van der Waals surface area contributed by atoms with E-state index in [-0.39, 0.29) is 12.1 Å². The van der Waals surface area contributed by atoms with Gasteiger partial charge in [-0.1, -0.05) is 0 Å². The molecule has 0 aliphatic carbocycles. The number of aromatic nitrogens is 1. The second-order valence-corrected chi connectivity index (χ2v) is 6.80. The highest BCUT2D eigenvalue weighted by Gasteiger charge is 2.40.